The Morgan fingerprint density at radius 1 is 1.04 bits per heavy atom. The van der Waals surface area contributed by atoms with Crippen LogP contribution >= 0.6 is 35.0 Å². The summed E-state index contributed by atoms with van der Waals surface area (Å²) in [4.78, 5) is 6.88. The van der Waals surface area contributed by atoms with Gasteiger partial charge >= 0.3 is 0 Å². The van der Waals surface area contributed by atoms with E-state index in [2.05, 4.69) is 4.90 Å². The van der Waals surface area contributed by atoms with Gasteiger partial charge < -0.3 is 4.90 Å². The third kappa shape index (κ3) is 4.45. The van der Waals surface area contributed by atoms with Crippen molar-refractivity contribution in [2.45, 2.75) is 24.4 Å². The standard InChI is InChI=1S/C19H18Cl2N2O2S2/c20-15-6-4-13(5-7-15)9-23-18-12-27(24,25)11-17(18)22-19(23)26-10-14-2-1-3-16(21)8-14/h1-8,17-18H,9-12H2. The fourth-order valence-electron chi connectivity index (χ4n) is 3.46. The van der Waals surface area contributed by atoms with Crippen LogP contribution in [0.4, 0.5) is 0 Å². The van der Waals surface area contributed by atoms with Crippen LogP contribution in [0.15, 0.2) is 53.5 Å². The second-order valence-corrected chi connectivity index (χ2v) is 10.8. The Kier molecular flexibility index (Phi) is 5.43. The van der Waals surface area contributed by atoms with E-state index >= 15 is 0 Å². The molecule has 0 aliphatic carbocycles. The van der Waals surface area contributed by atoms with E-state index in [0.29, 0.717) is 16.6 Å². The highest BCUT2D eigenvalue weighted by Crippen LogP contribution is 2.33. The summed E-state index contributed by atoms with van der Waals surface area (Å²) in [6.07, 6.45) is 0. The largest absolute Gasteiger partial charge is 0.341 e. The molecule has 0 amide bonds. The monoisotopic (exact) mass is 440 g/mol. The second-order valence-electron chi connectivity index (χ2n) is 6.80. The molecule has 1 saturated heterocycles. The van der Waals surface area contributed by atoms with Crippen LogP contribution in [0.5, 0.6) is 0 Å². The van der Waals surface area contributed by atoms with Gasteiger partial charge in [-0.25, -0.2) is 8.42 Å². The Hall–Kier alpha value is -1.21. The molecule has 27 heavy (non-hydrogen) atoms. The first-order chi connectivity index (χ1) is 12.9. The topological polar surface area (TPSA) is 49.7 Å². The molecule has 2 aromatic carbocycles. The molecule has 0 spiro atoms. The molecule has 0 saturated carbocycles. The van der Waals surface area contributed by atoms with Crippen LogP contribution in [0, 0.1) is 0 Å². The van der Waals surface area contributed by atoms with E-state index in [1.807, 2.05) is 48.5 Å². The summed E-state index contributed by atoms with van der Waals surface area (Å²) in [7, 11) is -3.03. The van der Waals surface area contributed by atoms with Gasteiger partial charge in [-0.05, 0) is 35.4 Å². The second kappa shape index (κ2) is 7.66. The number of rotatable bonds is 4. The Bertz CT molecular complexity index is 977. The van der Waals surface area contributed by atoms with Crippen LogP contribution in [-0.4, -0.2) is 42.1 Å². The highest BCUT2D eigenvalue weighted by atomic mass is 35.5. The van der Waals surface area contributed by atoms with Crippen LogP contribution in [0.2, 0.25) is 10.0 Å². The van der Waals surface area contributed by atoms with Crippen molar-refractivity contribution in [1.82, 2.24) is 4.90 Å². The lowest BCUT2D eigenvalue weighted by Crippen LogP contribution is -2.38. The molecule has 1 fully saturated rings. The van der Waals surface area contributed by atoms with Crippen molar-refractivity contribution in [3.05, 3.63) is 69.7 Å². The lowest BCUT2D eigenvalue weighted by molar-refractivity contribution is 0.343. The number of hydrogen-bond acceptors (Lipinski definition) is 5. The Balaban J connectivity index is 1.54. The summed E-state index contributed by atoms with van der Waals surface area (Å²) in [5.41, 5.74) is 2.20. The molecule has 0 radical (unpaired) electrons. The zero-order valence-electron chi connectivity index (χ0n) is 14.4. The van der Waals surface area contributed by atoms with Crippen molar-refractivity contribution >= 4 is 50.0 Å². The third-order valence-corrected chi connectivity index (χ3v) is 8.00. The molecule has 2 aliphatic rings. The first kappa shape index (κ1) is 19.1. The van der Waals surface area contributed by atoms with Crippen molar-refractivity contribution < 1.29 is 8.42 Å². The van der Waals surface area contributed by atoms with E-state index in [1.54, 1.807) is 11.8 Å². The molecule has 2 heterocycles. The smallest absolute Gasteiger partial charge is 0.160 e. The molecule has 0 aromatic heterocycles. The van der Waals surface area contributed by atoms with E-state index < -0.39 is 9.84 Å². The van der Waals surface area contributed by atoms with Crippen LogP contribution in [-0.2, 0) is 22.1 Å². The maximum Gasteiger partial charge on any atom is 0.160 e. The maximum atomic E-state index is 12.1. The lowest BCUT2D eigenvalue weighted by atomic mass is 10.1. The van der Waals surface area contributed by atoms with Gasteiger partial charge in [-0.3, -0.25) is 4.99 Å². The number of halogens is 2. The molecule has 4 nitrogen and oxygen atoms in total. The van der Waals surface area contributed by atoms with Crippen molar-refractivity contribution in [2.75, 3.05) is 11.5 Å². The van der Waals surface area contributed by atoms with Gasteiger partial charge in [-0.2, -0.15) is 0 Å². The number of fused-ring (bicyclic) bond motifs is 1. The number of benzene rings is 2. The first-order valence-corrected chi connectivity index (χ1v) is 12.1. The summed E-state index contributed by atoms with van der Waals surface area (Å²) in [5.74, 6) is 1.04. The van der Waals surface area contributed by atoms with Crippen molar-refractivity contribution in [3.8, 4) is 0 Å². The predicted octanol–water partition coefficient (Wildman–Crippen LogP) is 4.26. The maximum absolute atomic E-state index is 12.1. The molecular formula is C19H18Cl2N2O2S2. The Labute approximate surface area is 173 Å². The van der Waals surface area contributed by atoms with Crippen molar-refractivity contribution in [3.63, 3.8) is 0 Å². The van der Waals surface area contributed by atoms with Gasteiger partial charge in [0.1, 0.15) is 0 Å². The van der Waals surface area contributed by atoms with Crippen molar-refractivity contribution in [1.29, 1.82) is 0 Å². The van der Waals surface area contributed by atoms with Gasteiger partial charge in [0.15, 0.2) is 15.0 Å². The number of hydrogen-bond donors (Lipinski definition) is 0. The first-order valence-electron chi connectivity index (χ1n) is 8.56. The van der Waals surface area contributed by atoms with Gasteiger partial charge in [-0.15, -0.1) is 0 Å². The SMILES string of the molecule is O=S1(=O)CC2N=C(SCc3cccc(Cl)c3)N(Cc3ccc(Cl)cc3)C2C1. The zero-order valence-corrected chi connectivity index (χ0v) is 17.5. The van der Waals surface area contributed by atoms with Crippen LogP contribution in [0.1, 0.15) is 11.1 Å². The Morgan fingerprint density at radius 2 is 1.81 bits per heavy atom. The molecule has 0 N–H and O–H groups in total. The molecule has 2 atom stereocenters. The Morgan fingerprint density at radius 3 is 2.56 bits per heavy atom. The van der Waals surface area contributed by atoms with Crippen LogP contribution in [0.25, 0.3) is 0 Å². The average Bonchev–Trinajstić information content (AvgIpc) is 3.07. The number of aliphatic imine (C=N–C) groups is 1. The summed E-state index contributed by atoms with van der Waals surface area (Å²) >= 11 is 13.7. The summed E-state index contributed by atoms with van der Waals surface area (Å²) in [6.45, 7) is 0.620. The van der Waals surface area contributed by atoms with E-state index in [4.69, 9.17) is 28.2 Å². The minimum absolute atomic E-state index is 0.0902. The highest BCUT2D eigenvalue weighted by Gasteiger charge is 2.46. The summed E-state index contributed by atoms with van der Waals surface area (Å²) < 4.78 is 24.2. The number of amidine groups is 1. The zero-order chi connectivity index (χ0) is 19.0. The fraction of sp³-hybridized carbons (Fsp3) is 0.316. The summed E-state index contributed by atoms with van der Waals surface area (Å²) in [5, 5.41) is 2.29. The van der Waals surface area contributed by atoms with Gasteiger partial charge in [0.25, 0.3) is 0 Å². The minimum Gasteiger partial charge on any atom is -0.341 e. The van der Waals surface area contributed by atoms with E-state index in [0.717, 1.165) is 22.0 Å². The third-order valence-electron chi connectivity index (χ3n) is 4.74. The molecular weight excluding hydrogens is 423 g/mol. The van der Waals surface area contributed by atoms with Crippen molar-refractivity contribution in [2.24, 2.45) is 4.99 Å². The highest BCUT2D eigenvalue weighted by molar-refractivity contribution is 8.13. The van der Waals surface area contributed by atoms with Crippen LogP contribution in [0.3, 0.4) is 0 Å². The quantitative estimate of drug-likeness (QED) is 0.712. The molecule has 0 bridgehead atoms. The van der Waals surface area contributed by atoms with E-state index in [1.165, 1.54) is 0 Å². The fourth-order valence-corrected chi connectivity index (χ4v) is 6.72. The van der Waals surface area contributed by atoms with Gasteiger partial charge in [0.2, 0.25) is 0 Å². The molecule has 2 aliphatic heterocycles. The summed E-state index contributed by atoms with van der Waals surface area (Å²) in [6, 6.07) is 15.1. The average molecular weight is 441 g/mol. The minimum atomic E-state index is -3.03. The van der Waals surface area contributed by atoms with E-state index in [-0.39, 0.29) is 23.6 Å². The number of sulfone groups is 1. The normalized spacial score (nSPS) is 23.3. The lowest BCUT2D eigenvalue weighted by Gasteiger charge is -2.26. The van der Waals surface area contributed by atoms with Crippen LogP contribution < -0.4 is 0 Å². The number of thioether (sulfide) groups is 1. The van der Waals surface area contributed by atoms with Gasteiger partial charge in [0.05, 0.1) is 23.6 Å². The van der Waals surface area contributed by atoms with Gasteiger partial charge in [0, 0.05) is 22.3 Å². The number of nitrogens with zero attached hydrogens (tertiary/aromatic N) is 2. The predicted molar refractivity (Wildman–Crippen MR) is 113 cm³/mol. The molecule has 142 valence electrons. The van der Waals surface area contributed by atoms with E-state index in [9.17, 15) is 8.42 Å². The molecule has 2 unspecified atom stereocenters. The molecule has 8 heteroatoms. The molecule has 2 aromatic rings. The molecule has 4 rings (SSSR count). The van der Waals surface area contributed by atoms with Gasteiger partial charge in [-0.1, -0.05) is 59.2 Å².